The number of aromatic nitrogens is 1. The Labute approximate surface area is 126 Å². The summed E-state index contributed by atoms with van der Waals surface area (Å²) < 4.78 is 11.6. The van der Waals surface area contributed by atoms with Crippen LogP contribution in [0.1, 0.15) is 29.6 Å². The van der Waals surface area contributed by atoms with Crippen LogP contribution in [0.3, 0.4) is 0 Å². The van der Waals surface area contributed by atoms with Gasteiger partial charge in [-0.15, -0.1) is 11.3 Å². The number of ether oxygens (including phenoxy) is 1. The van der Waals surface area contributed by atoms with Crippen LogP contribution in [0.2, 0.25) is 0 Å². The molecule has 3 rings (SSSR count). The number of carbonyl (C=O) groups excluding carboxylic acids is 1. The SMILES string of the molecule is CCCc1nc(-c2cc3ccccc3s2)oc1C(=O)OC. The first-order chi connectivity index (χ1) is 10.2. The van der Waals surface area contributed by atoms with Crippen LogP contribution in [-0.4, -0.2) is 18.1 Å². The van der Waals surface area contributed by atoms with Gasteiger partial charge in [-0.1, -0.05) is 31.5 Å². The average molecular weight is 301 g/mol. The summed E-state index contributed by atoms with van der Waals surface area (Å²) in [4.78, 5) is 17.2. The van der Waals surface area contributed by atoms with Crippen molar-refractivity contribution in [2.45, 2.75) is 19.8 Å². The zero-order valence-electron chi connectivity index (χ0n) is 11.9. The Kier molecular flexibility index (Phi) is 3.75. The van der Waals surface area contributed by atoms with Crippen molar-refractivity contribution in [1.29, 1.82) is 0 Å². The Morgan fingerprint density at radius 3 is 2.90 bits per heavy atom. The van der Waals surface area contributed by atoms with Crippen molar-refractivity contribution < 1.29 is 13.9 Å². The molecule has 0 saturated carbocycles. The van der Waals surface area contributed by atoms with Crippen LogP contribution >= 0.6 is 11.3 Å². The van der Waals surface area contributed by atoms with E-state index < -0.39 is 5.97 Å². The molecular formula is C16H15NO3S. The Morgan fingerprint density at radius 1 is 1.38 bits per heavy atom. The van der Waals surface area contributed by atoms with E-state index in [4.69, 9.17) is 9.15 Å². The summed E-state index contributed by atoms with van der Waals surface area (Å²) in [7, 11) is 1.35. The van der Waals surface area contributed by atoms with E-state index in [1.54, 1.807) is 11.3 Å². The molecule has 2 heterocycles. The van der Waals surface area contributed by atoms with Gasteiger partial charge >= 0.3 is 5.97 Å². The molecule has 0 unspecified atom stereocenters. The third kappa shape index (κ3) is 2.56. The van der Waals surface area contributed by atoms with E-state index in [0.717, 1.165) is 16.7 Å². The van der Waals surface area contributed by atoms with Crippen LogP contribution < -0.4 is 0 Å². The van der Waals surface area contributed by atoms with Gasteiger partial charge in [-0.25, -0.2) is 9.78 Å². The lowest BCUT2D eigenvalue weighted by atomic mass is 10.2. The maximum absolute atomic E-state index is 11.8. The van der Waals surface area contributed by atoms with Crippen molar-refractivity contribution in [1.82, 2.24) is 4.98 Å². The van der Waals surface area contributed by atoms with E-state index in [1.807, 2.05) is 31.2 Å². The van der Waals surface area contributed by atoms with Crippen LogP contribution in [-0.2, 0) is 11.2 Å². The molecule has 0 aliphatic heterocycles. The van der Waals surface area contributed by atoms with Gasteiger partial charge in [0.05, 0.1) is 17.7 Å². The predicted molar refractivity (Wildman–Crippen MR) is 82.7 cm³/mol. The lowest BCUT2D eigenvalue weighted by Gasteiger charge is -1.96. The standard InChI is InChI=1S/C16H15NO3S/c1-3-6-11-14(16(18)19-2)20-15(17-11)13-9-10-7-4-5-8-12(10)21-13/h4-5,7-9H,3,6H2,1-2H3. The number of fused-ring (bicyclic) bond motifs is 1. The van der Waals surface area contributed by atoms with Gasteiger partial charge in [0, 0.05) is 4.70 Å². The predicted octanol–water partition coefficient (Wildman–Crippen LogP) is 4.30. The van der Waals surface area contributed by atoms with E-state index in [-0.39, 0.29) is 5.76 Å². The first-order valence-electron chi connectivity index (χ1n) is 6.80. The highest BCUT2D eigenvalue weighted by Gasteiger charge is 2.21. The van der Waals surface area contributed by atoms with E-state index >= 15 is 0 Å². The molecule has 0 amide bonds. The normalized spacial score (nSPS) is 11.0. The van der Waals surface area contributed by atoms with Crippen LogP contribution in [0.5, 0.6) is 0 Å². The minimum Gasteiger partial charge on any atom is -0.463 e. The Balaban J connectivity index is 2.07. The molecule has 0 atom stereocenters. The minimum absolute atomic E-state index is 0.215. The number of hydrogen-bond acceptors (Lipinski definition) is 5. The molecule has 0 N–H and O–H groups in total. The number of rotatable bonds is 4. The lowest BCUT2D eigenvalue weighted by Crippen LogP contribution is -2.03. The Morgan fingerprint density at radius 2 is 2.19 bits per heavy atom. The van der Waals surface area contributed by atoms with Gasteiger partial charge in [0.1, 0.15) is 0 Å². The van der Waals surface area contributed by atoms with Crippen molar-refractivity contribution >= 4 is 27.4 Å². The average Bonchev–Trinajstić information content (AvgIpc) is 3.10. The summed E-state index contributed by atoms with van der Waals surface area (Å²) in [6, 6.07) is 10.1. The summed E-state index contributed by atoms with van der Waals surface area (Å²) in [5.74, 6) is 0.227. The second-order valence-electron chi connectivity index (χ2n) is 4.68. The fourth-order valence-corrected chi connectivity index (χ4v) is 3.19. The fourth-order valence-electron chi connectivity index (χ4n) is 2.20. The number of nitrogens with zero attached hydrogens (tertiary/aromatic N) is 1. The maximum atomic E-state index is 11.8. The molecule has 2 aromatic heterocycles. The first kappa shape index (κ1) is 13.8. The van der Waals surface area contributed by atoms with Crippen molar-refractivity contribution in [2.24, 2.45) is 0 Å². The molecule has 0 radical (unpaired) electrons. The molecule has 0 saturated heterocycles. The van der Waals surface area contributed by atoms with Gasteiger partial charge in [0.15, 0.2) is 0 Å². The molecule has 108 valence electrons. The fraction of sp³-hybridized carbons (Fsp3) is 0.250. The third-order valence-corrected chi connectivity index (χ3v) is 4.30. The van der Waals surface area contributed by atoms with E-state index in [1.165, 1.54) is 11.8 Å². The highest BCUT2D eigenvalue weighted by atomic mass is 32.1. The van der Waals surface area contributed by atoms with Crippen molar-refractivity contribution in [3.63, 3.8) is 0 Å². The zero-order chi connectivity index (χ0) is 14.8. The number of esters is 1. The number of methoxy groups -OCH3 is 1. The number of carbonyl (C=O) groups is 1. The van der Waals surface area contributed by atoms with Crippen LogP contribution in [0.15, 0.2) is 34.7 Å². The molecule has 4 nitrogen and oxygen atoms in total. The van der Waals surface area contributed by atoms with Gasteiger partial charge in [-0.2, -0.15) is 0 Å². The highest BCUT2D eigenvalue weighted by Crippen LogP contribution is 2.34. The number of benzene rings is 1. The lowest BCUT2D eigenvalue weighted by molar-refractivity contribution is 0.0564. The van der Waals surface area contributed by atoms with Crippen LogP contribution in [0.25, 0.3) is 20.9 Å². The Bertz CT molecular complexity index is 755. The molecule has 0 spiro atoms. The van der Waals surface area contributed by atoms with Gasteiger partial charge < -0.3 is 9.15 Å². The molecular weight excluding hydrogens is 286 g/mol. The topological polar surface area (TPSA) is 52.3 Å². The summed E-state index contributed by atoms with van der Waals surface area (Å²) in [6.45, 7) is 2.04. The molecule has 0 fully saturated rings. The smallest absolute Gasteiger partial charge is 0.376 e. The van der Waals surface area contributed by atoms with Gasteiger partial charge in [0.25, 0.3) is 0 Å². The quantitative estimate of drug-likeness (QED) is 0.674. The summed E-state index contributed by atoms with van der Waals surface area (Å²) in [6.07, 6.45) is 1.58. The van der Waals surface area contributed by atoms with Crippen molar-refractivity contribution in [2.75, 3.05) is 7.11 Å². The van der Waals surface area contributed by atoms with Crippen LogP contribution in [0.4, 0.5) is 0 Å². The number of oxazole rings is 1. The van der Waals surface area contributed by atoms with E-state index in [0.29, 0.717) is 18.0 Å². The van der Waals surface area contributed by atoms with Crippen molar-refractivity contribution in [3.05, 3.63) is 41.8 Å². The second-order valence-corrected chi connectivity index (χ2v) is 5.77. The molecule has 0 aliphatic carbocycles. The summed E-state index contributed by atoms with van der Waals surface area (Å²) >= 11 is 1.60. The van der Waals surface area contributed by atoms with Gasteiger partial charge in [-0.3, -0.25) is 0 Å². The van der Waals surface area contributed by atoms with Crippen molar-refractivity contribution in [3.8, 4) is 10.8 Å². The molecule has 21 heavy (non-hydrogen) atoms. The monoisotopic (exact) mass is 301 g/mol. The molecule has 5 heteroatoms. The molecule has 1 aromatic carbocycles. The van der Waals surface area contributed by atoms with E-state index in [9.17, 15) is 4.79 Å². The zero-order valence-corrected chi connectivity index (χ0v) is 12.7. The van der Waals surface area contributed by atoms with Crippen LogP contribution in [0, 0.1) is 0 Å². The highest BCUT2D eigenvalue weighted by molar-refractivity contribution is 7.22. The molecule has 0 bridgehead atoms. The molecule has 0 aliphatic rings. The summed E-state index contributed by atoms with van der Waals surface area (Å²) in [5, 5.41) is 1.15. The van der Waals surface area contributed by atoms with E-state index in [2.05, 4.69) is 11.1 Å². The number of aryl methyl sites for hydroxylation is 1. The molecule has 3 aromatic rings. The summed E-state index contributed by atoms with van der Waals surface area (Å²) in [5.41, 5.74) is 0.664. The van der Waals surface area contributed by atoms with Gasteiger partial charge in [-0.05, 0) is 23.9 Å². The second kappa shape index (κ2) is 5.69. The number of hydrogen-bond donors (Lipinski definition) is 0. The third-order valence-electron chi connectivity index (χ3n) is 3.19. The number of thiophene rings is 1. The minimum atomic E-state index is -0.474. The Hall–Kier alpha value is -2.14. The largest absolute Gasteiger partial charge is 0.463 e. The van der Waals surface area contributed by atoms with Gasteiger partial charge in [0.2, 0.25) is 11.7 Å². The first-order valence-corrected chi connectivity index (χ1v) is 7.61. The maximum Gasteiger partial charge on any atom is 0.376 e.